The first-order valence-electron chi connectivity index (χ1n) is 2.46. The lowest BCUT2D eigenvalue weighted by Gasteiger charge is -2.00. The molecule has 1 aliphatic heterocycles. The van der Waals surface area contributed by atoms with E-state index in [1.165, 1.54) is 12.8 Å². The van der Waals surface area contributed by atoms with Crippen LogP contribution in [0.5, 0.6) is 0 Å². The van der Waals surface area contributed by atoms with E-state index in [1.54, 1.807) is 11.8 Å². The summed E-state index contributed by atoms with van der Waals surface area (Å²) in [7, 11) is 0. The first kappa shape index (κ1) is 5.45. The smallest absolute Gasteiger partial charge is 0.103 e. The Kier molecular flexibility index (Phi) is 2.00. The van der Waals surface area contributed by atoms with Crippen molar-refractivity contribution in [3.8, 4) is 0 Å². The second-order valence-electron chi connectivity index (χ2n) is 1.61. The largest absolute Gasteiger partial charge is 0.368 e. The molecule has 1 unspecified atom stereocenters. The third-order valence-corrected chi connectivity index (χ3v) is 1.82. The maximum absolute atomic E-state index is 5.20. The molecule has 1 radical (unpaired) electrons. The fraction of sp³-hybridized carbons (Fsp3) is 0.800. The molecule has 0 bridgehead atoms. The Labute approximate surface area is 48.4 Å². The summed E-state index contributed by atoms with van der Waals surface area (Å²) in [5.41, 5.74) is 0.403. The van der Waals surface area contributed by atoms with Gasteiger partial charge in [-0.25, -0.2) is 0 Å². The number of rotatable bonds is 1. The van der Waals surface area contributed by atoms with E-state index < -0.39 is 0 Å². The number of hydrogen-bond donors (Lipinski definition) is 0. The van der Waals surface area contributed by atoms with Crippen molar-refractivity contribution < 1.29 is 4.74 Å². The Balaban J connectivity index is 2.14. The maximum atomic E-state index is 5.20. The molecule has 0 aliphatic carbocycles. The summed E-state index contributed by atoms with van der Waals surface area (Å²) in [4.78, 5) is 0. The second-order valence-corrected chi connectivity index (χ2v) is 2.47. The normalized spacial score (nSPS) is 31.3. The van der Waals surface area contributed by atoms with E-state index in [1.807, 2.05) is 0 Å². The van der Waals surface area contributed by atoms with Crippen molar-refractivity contribution in [1.82, 2.24) is 0 Å². The van der Waals surface area contributed by atoms with Crippen LogP contribution in [0.2, 0.25) is 0 Å². The van der Waals surface area contributed by atoms with Gasteiger partial charge in [0.1, 0.15) is 5.44 Å². The first-order chi connectivity index (χ1) is 3.43. The molecule has 1 heterocycles. The molecule has 7 heavy (non-hydrogen) atoms. The lowest BCUT2D eigenvalue weighted by molar-refractivity contribution is 0.174. The number of hydrogen-bond acceptors (Lipinski definition) is 2. The average Bonchev–Trinajstić information content (AvgIpc) is 2.14. The Morgan fingerprint density at radius 3 is 2.86 bits per heavy atom. The molecule has 1 aliphatic rings. The summed E-state index contributed by atoms with van der Waals surface area (Å²) in [5, 5.41) is 0. The van der Waals surface area contributed by atoms with Gasteiger partial charge in [0.2, 0.25) is 0 Å². The average molecular weight is 117 g/mol. The lowest BCUT2D eigenvalue weighted by atomic mass is 10.4. The van der Waals surface area contributed by atoms with Crippen LogP contribution in [0.15, 0.2) is 0 Å². The van der Waals surface area contributed by atoms with Gasteiger partial charge in [-0.15, -0.1) is 11.8 Å². The molecular formula is C5H9OS. The van der Waals surface area contributed by atoms with Crippen LogP contribution in [0.3, 0.4) is 0 Å². The van der Waals surface area contributed by atoms with Gasteiger partial charge in [0.25, 0.3) is 0 Å². The van der Waals surface area contributed by atoms with Gasteiger partial charge in [0.05, 0.1) is 0 Å². The lowest BCUT2D eigenvalue weighted by Crippen LogP contribution is -1.94. The van der Waals surface area contributed by atoms with Gasteiger partial charge in [0, 0.05) is 12.9 Å². The fourth-order valence-electron chi connectivity index (χ4n) is 0.680. The van der Waals surface area contributed by atoms with Gasteiger partial charge in [-0.05, 0) is 12.8 Å². The summed E-state index contributed by atoms with van der Waals surface area (Å²) in [6.45, 7) is 0.938. The topological polar surface area (TPSA) is 9.23 Å². The van der Waals surface area contributed by atoms with E-state index in [-0.39, 0.29) is 0 Å². The van der Waals surface area contributed by atoms with Gasteiger partial charge < -0.3 is 4.74 Å². The quantitative estimate of drug-likeness (QED) is 0.516. The molecule has 0 amide bonds. The van der Waals surface area contributed by atoms with Crippen LogP contribution >= 0.6 is 11.8 Å². The zero-order valence-corrected chi connectivity index (χ0v) is 5.04. The molecule has 0 N–H and O–H groups in total. The molecule has 0 aromatic rings. The molecule has 0 spiro atoms. The minimum absolute atomic E-state index is 0.403. The predicted molar refractivity (Wildman–Crippen MR) is 31.9 cm³/mol. The molecule has 1 nitrogen and oxygen atoms in total. The highest BCUT2D eigenvalue weighted by molar-refractivity contribution is 8.00. The van der Waals surface area contributed by atoms with Crippen LogP contribution in [0.1, 0.15) is 12.8 Å². The Bertz CT molecular complexity index is 50.0. The summed E-state index contributed by atoms with van der Waals surface area (Å²) in [6, 6.07) is 0. The molecular weight excluding hydrogens is 108 g/mol. The van der Waals surface area contributed by atoms with E-state index >= 15 is 0 Å². The predicted octanol–water partition coefficient (Wildman–Crippen LogP) is 1.65. The van der Waals surface area contributed by atoms with Crippen molar-refractivity contribution in [3.05, 3.63) is 6.26 Å². The van der Waals surface area contributed by atoms with E-state index in [9.17, 15) is 0 Å². The molecule has 0 aromatic carbocycles. The van der Waals surface area contributed by atoms with Crippen molar-refractivity contribution in [2.45, 2.75) is 18.3 Å². The molecule has 2 heteroatoms. The molecule has 41 valence electrons. The minimum atomic E-state index is 0.403. The molecule has 0 aromatic heterocycles. The third kappa shape index (κ3) is 1.35. The highest BCUT2D eigenvalue weighted by atomic mass is 32.2. The number of ether oxygens (including phenoxy) is 1. The van der Waals surface area contributed by atoms with Crippen LogP contribution in [0, 0.1) is 6.26 Å². The zero-order valence-electron chi connectivity index (χ0n) is 4.22. The molecule has 1 atom stereocenters. The van der Waals surface area contributed by atoms with Crippen LogP contribution in [-0.4, -0.2) is 12.0 Å². The van der Waals surface area contributed by atoms with Gasteiger partial charge >= 0.3 is 0 Å². The third-order valence-electron chi connectivity index (χ3n) is 1.07. The van der Waals surface area contributed by atoms with Crippen molar-refractivity contribution in [1.29, 1.82) is 0 Å². The van der Waals surface area contributed by atoms with Gasteiger partial charge in [-0.1, -0.05) is 0 Å². The Hall–Kier alpha value is 0.310. The molecule has 1 rings (SSSR count). The van der Waals surface area contributed by atoms with Gasteiger partial charge in [-0.2, -0.15) is 0 Å². The standard InChI is InChI=1S/C5H9OS/c1-7-5-3-2-4-6-5/h5H,1-4H2. The monoisotopic (exact) mass is 117 g/mol. The maximum Gasteiger partial charge on any atom is 0.103 e. The van der Waals surface area contributed by atoms with Crippen molar-refractivity contribution in [2.24, 2.45) is 0 Å². The van der Waals surface area contributed by atoms with E-state index in [0.29, 0.717) is 5.44 Å². The summed E-state index contributed by atoms with van der Waals surface area (Å²) < 4.78 is 5.20. The minimum Gasteiger partial charge on any atom is -0.368 e. The highest BCUT2D eigenvalue weighted by Crippen LogP contribution is 2.21. The summed E-state index contributed by atoms with van der Waals surface area (Å²) >= 11 is 1.56. The van der Waals surface area contributed by atoms with E-state index in [0.717, 1.165) is 6.61 Å². The zero-order chi connectivity index (χ0) is 5.11. The van der Waals surface area contributed by atoms with E-state index in [2.05, 4.69) is 6.26 Å². The Morgan fingerprint density at radius 1 is 1.71 bits per heavy atom. The van der Waals surface area contributed by atoms with Crippen molar-refractivity contribution >= 4 is 11.8 Å². The summed E-state index contributed by atoms with van der Waals surface area (Å²) in [6.07, 6.45) is 6.06. The van der Waals surface area contributed by atoms with E-state index in [4.69, 9.17) is 4.74 Å². The molecule has 1 fully saturated rings. The SMILES string of the molecule is [CH2]SC1CCCO1. The molecule has 1 saturated heterocycles. The van der Waals surface area contributed by atoms with Crippen LogP contribution < -0.4 is 0 Å². The second kappa shape index (κ2) is 2.58. The molecule has 0 saturated carbocycles. The van der Waals surface area contributed by atoms with Crippen LogP contribution in [-0.2, 0) is 4.74 Å². The Morgan fingerprint density at radius 2 is 2.57 bits per heavy atom. The van der Waals surface area contributed by atoms with Gasteiger partial charge in [0.15, 0.2) is 0 Å². The highest BCUT2D eigenvalue weighted by Gasteiger charge is 2.12. The van der Waals surface area contributed by atoms with Crippen LogP contribution in [0.25, 0.3) is 0 Å². The van der Waals surface area contributed by atoms with Crippen molar-refractivity contribution in [3.63, 3.8) is 0 Å². The van der Waals surface area contributed by atoms with Crippen molar-refractivity contribution in [2.75, 3.05) is 6.61 Å². The summed E-state index contributed by atoms with van der Waals surface area (Å²) in [5.74, 6) is 0. The fourth-order valence-corrected chi connectivity index (χ4v) is 1.21. The van der Waals surface area contributed by atoms with Gasteiger partial charge in [-0.3, -0.25) is 0 Å². The van der Waals surface area contributed by atoms with Crippen LogP contribution in [0.4, 0.5) is 0 Å². The number of thioether (sulfide) groups is 1. The first-order valence-corrected chi connectivity index (χ1v) is 3.51.